The topological polar surface area (TPSA) is 52.6 Å². The molecule has 4 heteroatoms. The third kappa shape index (κ3) is 7.09. The van der Waals surface area contributed by atoms with Crippen molar-refractivity contribution >= 4 is 11.9 Å². The highest BCUT2D eigenvalue weighted by Crippen LogP contribution is 1.97. The predicted molar refractivity (Wildman–Crippen MR) is 51.0 cm³/mol. The average molecular weight is 198 g/mol. The summed E-state index contributed by atoms with van der Waals surface area (Å²) in [7, 11) is 0. The van der Waals surface area contributed by atoms with Crippen LogP contribution in [0.3, 0.4) is 0 Å². The molecule has 0 N–H and O–H groups in total. The molecule has 0 aliphatic heterocycles. The van der Waals surface area contributed by atoms with Crippen molar-refractivity contribution in [2.45, 2.75) is 27.2 Å². The Hall–Kier alpha value is -1.58. The van der Waals surface area contributed by atoms with Crippen LogP contribution in [0.1, 0.15) is 27.2 Å². The van der Waals surface area contributed by atoms with Crippen LogP contribution in [0.25, 0.3) is 0 Å². The zero-order valence-corrected chi connectivity index (χ0v) is 8.57. The Kier molecular flexibility index (Phi) is 6.11. The minimum absolute atomic E-state index is 0.301. The van der Waals surface area contributed by atoms with E-state index in [-0.39, 0.29) is 11.9 Å². The molecule has 0 aromatic rings. The molecule has 0 saturated carbocycles. The van der Waals surface area contributed by atoms with Gasteiger partial charge in [-0.25, -0.2) is 0 Å². The molecule has 4 nitrogen and oxygen atoms in total. The van der Waals surface area contributed by atoms with Gasteiger partial charge in [0.1, 0.15) is 0 Å². The van der Waals surface area contributed by atoms with Gasteiger partial charge < -0.3 is 9.47 Å². The highest BCUT2D eigenvalue weighted by Gasteiger charge is 1.94. The van der Waals surface area contributed by atoms with Crippen LogP contribution in [0.5, 0.6) is 0 Å². The number of carbonyl (C=O) groups is 2. The zero-order valence-electron chi connectivity index (χ0n) is 8.57. The number of rotatable bonds is 4. The summed E-state index contributed by atoms with van der Waals surface area (Å²) in [4.78, 5) is 21.1. The van der Waals surface area contributed by atoms with Crippen LogP contribution < -0.4 is 0 Å². The maximum atomic E-state index is 10.7. The Morgan fingerprint density at radius 1 is 1.21 bits per heavy atom. The Balaban J connectivity index is 3.94. The fourth-order valence-electron chi connectivity index (χ4n) is 0.518. The molecule has 0 heterocycles. The van der Waals surface area contributed by atoms with Crippen molar-refractivity contribution in [3.05, 3.63) is 24.2 Å². The van der Waals surface area contributed by atoms with Gasteiger partial charge in [0.15, 0.2) is 0 Å². The maximum Gasteiger partial charge on any atom is 0.310 e. The predicted octanol–water partition coefficient (Wildman–Crippen LogP) is 1.92. The quantitative estimate of drug-likeness (QED) is 0.393. The lowest BCUT2D eigenvalue weighted by Gasteiger charge is -1.96. The van der Waals surface area contributed by atoms with Crippen LogP contribution in [0.4, 0.5) is 0 Å². The summed E-state index contributed by atoms with van der Waals surface area (Å²) in [5.41, 5.74) is 0.688. The molecule has 0 amide bonds. The molecule has 0 spiro atoms. The number of hydrogen-bond acceptors (Lipinski definition) is 4. The summed E-state index contributed by atoms with van der Waals surface area (Å²) < 4.78 is 9.26. The van der Waals surface area contributed by atoms with Crippen molar-refractivity contribution in [1.82, 2.24) is 0 Å². The molecule has 0 unspecified atom stereocenters. The smallest absolute Gasteiger partial charge is 0.310 e. The van der Waals surface area contributed by atoms with Gasteiger partial charge in [-0.05, 0) is 18.6 Å². The van der Waals surface area contributed by atoms with E-state index >= 15 is 0 Å². The first kappa shape index (κ1) is 12.4. The summed E-state index contributed by atoms with van der Waals surface area (Å²) in [6, 6.07) is 0. The van der Waals surface area contributed by atoms with E-state index in [1.165, 1.54) is 25.5 Å². The second-order valence-electron chi connectivity index (χ2n) is 2.62. The molecular weight excluding hydrogens is 184 g/mol. The zero-order chi connectivity index (χ0) is 11.0. The molecule has 0 aromatic heterocycles. The van der Waals surface area contributed by atoms with Gasteiger partial charge in [0, 0.05) is 13.3 Å². The molecule has 0 radical (unpaired) electrons. The van der Waals surface area contributed by atoms with Crippen molar-refractivity contribution in [1.29, 1.82) is 0 Å². The van der Waals surface area contributed by atoms with Crippen LogP contribution in [0.2, 0.25) is 0 Å². The third-order valence-electron chi connectivity index (χ3n) is 1.23. The van der Waals surface area contributed by atoms with Gasteiger partial charge in [0.25, 0.3) is 0 Å². The van der Waals surface area contributed by atoms with Gasteiger partial charge in [-0.2, -0.15) is 0 Å². The van der Waals surface area contributed by atoms with Crippen molar-refractivity contribution in [3.8, 4) is 0 Å². The standard InChI is InChI=1S/C10H14O4/c1-4-10(12)14-7-8(2)5-6-13-9(3)11/h5-7H,4H2,1-3H3. The van der Waals surface area contributed by atoms with Gasteiger partial charge >= 0.3 is 11.9 Å². The van der Waals surface area contributed by atoms with Crippen LogP contribution in [-0.2, 0) is 19.1 Å². The lowest BCUT2D eigenvalue weighted by Crippen LogP contribution is -1.96. The van der Waals surface area contributed by atoms with Crippen LogP contribution in [-0.4, -0.2) is 11.9 Å². The number of esters is 2. The van der Waals surface area contributed by atoms with Crippen molar-refractivity contribution in [2.24, 2.45) is 0 Å². The van der Waals surface area contributed by atoms with E-state index in [4.69, 9.17) is 4.74 Å². The minimum atomic E-state index is -0.389. The molecule has 0 atom stereocenters. The largest absolute Gasteiger partial charge is 0.435 e. The Bertz CT molecular complexity index is 263. The molecule has 14 heavy (non-hydrogen) atoms. The lowest BCUT2D eigenvalue weighted by atomic mass is 10.3. The number of ether oxygens (including phenoxy) is 2. The van der Waals surface area contributed by atoms with Gasteiger partial charge in [-0.1, -0.05) is 6.92 Å². The summed E-state index contributed by atoms with van der Waals surface area (Å²) in [5.74, 6) is -0.690. The second-order valence-corrected chi connectivity index (χ2v) is 2.62. The van der Waals surface area contributed by atoms with Crippen LogP contribution in [0, 0.1) is 0 Å². The van der Waals surface area contributed by atoms with Gasteiger partial charge in [-0.15, -0.1) is 0 Å². The average Bonchev–Trinajstić information content (AvgIpc) is 2.13. The molecular formula is C10H14O4. The fraction of sp³-hybridized carbons (Fsp3) is 0.400. The van der Waals surface area contributed by atoms with E-state index in [1.807, 2.05) is 0 Å². The fourth-order valence-corrected chi connectivity index (χ4v) is 0.518. The molecule has 0 saturated heterocycles. The molecule has 78 valence electrons. The Morgan fingerprint density at radius 2 is 1.86 bits per heavy atom. The summed E-state index contributed by atoms with van der Waals surface area (Å²) in [6.07, 6.45) is 4.42. The Labute approximate surface area is 83.2 Å². The molecule has 0 bridgehead atoms. The van der Waals surface area contributed by atoms with Gasteiger partial charge in [0.05, 0.1) is 12.5 Å². The minimum Gasteiger partial charge on any atom is -0.435 e. The monoisotopic (exact) mass is 198 g/mol. The third-order valence-corrected chi connectivity index (χ3v) is 1.23. The van der Waals surface area contributed by atoms with E-state index in [1.54, 1.807) is 13.8 Å². The first-order valence-electron chi connectivity index (χ1n) is 4.26. The summed E-state index contributed by atoms with van der Waals surface area (Å²) in [5, 5.41) is 0. The highest BCUT2D eigenvalue weighted by atomic mass is 16.5. The van der Waals surface area contributed by atoms with Crippen LogP contribution >= 0.6 is 0 Å². The van der Waals surface area contributed by atoms with E-state index in [0.29, 0.717) is 12.0 Å². The van der Waals surface area contributed by atoms with Crippen molar-refractivity contribution < 1.29 is 19.1 Å². The van der Waals surface area contributed by atoms with Crippen molar-refractivity contribution in [2.75, 3.05) is 0 Å². The first-order chi connectivity index (χ1) is 6.56. The second kappa shape index (κ2) is 6.88. The molecule has 0 aliphatic carbocycles. The first-order valence-corrected chi connectivity index (χ1v) is 4.26. The van der Waals surface area contributed by atoms with Crippen molar-refractivity contribution in [3.63, 3.8) is 0 Å². The Morgan fingerprint density at radius 3 is 2.36 bits per heavy atom. The number of carbonyl (C=O) groups excluding carboxylic acids is 2. The summed E-state index contributed by atoms with van der Waals surface area (Å²) in [6.45, 7) is 4.74. The van der Waals surface area contributed by atoms with E-state index < -0.39 is 0 Å². The van der Waals surface area contributed by atoms with Gasteiger partial charge in [0.2, 0.25) is 0 Å². The number of hydrogen-bond donors (Lipinski definition) is 0. The maximum absolute atomic E-state index is 10.7. The van der Waals surface area contributed by atoms with E-state index in [0.717, 1.165) is 0 Å². The molecule has 0 aromatic carbocycles. The summed E-state index contributed by atoms with van der Waals surface area (Å²) >= 11 is 0. The van der Waals surface area contributed by atoms with E-state index in [2.05, 4.69) is 4.74 Å². The SMILES string of the molecule is CCC(=O)OC=C(C)C=COC(C)=O. The van der Waals surface area contributed by atoms with E-state index in [9.17, 15) is 9.59 Å². The highest BCUT2D eigenvalue weighted by molar-refractivity contribution is 5.69. The molecule has 0 fully saturated rings. The molecule has 0 rings (SSSR count). The van der Waals surface area contributed by atoms with Gasteiger partial charge in [-0.3, -0.25) is 9.59 Å². The number of allylic oxidation sites excluding steroid dienone is 2. The van der Waals surface area contributed by atoms with Crippen LogP contribution in [0.15, 0.2) is 24.2 Å². The molecule has 0 aliphatic rings. The normalized spacial score (nSPS) is 11.5. The lowest BCUT2D eigenvalue weighted by molar-refractivity contribution is -0.138.